The maximum Gasteiger partial charge on any atom is 0.251 e. The Morgan fingerprint density at radius 2 is 1.97 bits per heavy atom. The third-order valence-electron chi connectivity index (χ3n) is 5.38. The quantitative estimate of drug-likeness (QED) is 0.442. The van der Waals surface area contributed by atoms with Gasteiger partial charge in [-0.1, -0.05) is 53.7 Å². The van der Waals surface area contributed by atoms with Crippen molar-refractivity contribution in [1.29, 1.82) is 0 Å². The second-order valence-corrected chi connectivity index (χ2v) is 10.1. The lowest BCUT2D eigenvalue weighted by atomic mass is 10.0. The number of thioether (sulfide) groups is 1. The Balaban J connectivity index is 1.37. The largest absolute Gasteiger partial charge is 0.379 e. The molecule has 1 aromatic heterocycles. The molecule has 1 unspecified atom stereocenters. The summed E-state index contributed by atoms with van der Waals surface area (Å²) in [4.78, 5) is 19.6. The predicted molar refractivity (Wildman–Crippen MR) is 132 cm³/mol. The van der Waals surface area contributed by atoms with Gasteiger partial charge in [-0.15, -0.1) is 11.3 Å². The number of nitrogens with zero attached hydrogens (tertiary/aromatic N) is 2. The van der Waals surface area contributed by atoms with Crippen LogP contribution in [-0.4, -0.2) is 48.6 Å². The van der Waals surface area contributed by atoms with Crippen LogP contribution in [0.4, 0.5) is 0 Å². The van der Waals surface area contributed by atoms with Crippen LogP contribution in [0.1, 0.15) is 33.2 Å². The molecule has 1 atom stereocenters. The molecule has 0 spiro atoms. The van der Waals surface area contributed by atoms with Gasteiger partial charge in [0.25, 0.3) is 5.91 Å². The Bertz CT molecular complexity index is 1040. The van der Waals surface area contributed by atoms with Gasteiger partial charge in [-0.3, -0.25) is 9.69 Å². The molecule has 1 aliphatic heterocycles. The summed E-state index contributed by atoms with van der Waals surface area (Å²) in [5, 5.41) is 5.88. The van der Waals surface area contributed by atoms with Gasteiger partial charge in [0.2, 0.25) is 0 Å². The number of ether oxygens (including phenoxy) is 1. The third-order valence-corrected chi connectivity index (χ3v) is 7.94. The lowest BCUT2D eigenvalue weighted by Crippen LogP contribution is -2.44. The second kappa shape index (κ2) is 11.3. The number of aromatic nitrogens is 1. The molecule has 0 radical (unpaired) electrons. The van der Waals surface area contributed by atoms with E-state index in [0.717, 1.165) is 39.5 Å². The zero-order valence-electron chi connectivity index (χ0n) is 17.9. The first-order valence-electron chi connectivity index (χ1n) is 10.6. The maximum atomic E-state index is 12.8. The van der Waals surface area contributed by atoms with E-state index in [1.807, 2.05) is 55.5 Å². The molecule has 32 heavy (non-hydrogen) atoms. The molecule has 1 aliphatic rings. The Labute approximate surface area is 202 Å². The smallest absolute Gasteiger partial charge is 0.251 e. The van der Waals surface area contributed by atoms with E-state index in [2.05, 4.69) is 20.6 Å². The van der Waals surface area contributed by atoms with Gasteiger partial charge >= 0.3 is 0 Å². The van der Waals surface area contributed by atoms with Gasteiger partial charge in [0, 0.05) is 47.0 Å². The highest BCUT2D eigenvalue weighted by molar-refractivity contribution is 8.00. The predicted octanol–water partition coefficient (Wildman–Crippen LogP) is 5.20. The van der Waals surface area contributed by atoms with Crippen molar-refractivity contribution in [3.8, 4) is 0 Å². The highest BCUT2D eigenvalue weighted by Crippen LogP contribution is 2.28. The van der Waals surface area contributed by atoms with Crippen LogP contribution in [0.2, 0.25) is 5.02 Å². The van der Waals surface area contributed by atoms with E-state index in [1.165, 1.54) is 5.56 Å². The van der Waals surface area contributed by atoms with E-state index in [9.17, 15) is 4.79 Å². The van der Waals surface area contributed by atoms with Gasteiger partial charge < -0.3 is 10.1 Å². The first kappa shape index (κ1) is 23.3. The molecule has 0 saturated carbocycles. The molecule has 0 aliphatic carbocycles. The monoisotopic (exact) mass is 487 g/mol. The van der Waals surface area contributed by atoms with Gasteiger partial charge in [-0.05, 0) is 36.2 Å². The van der Waals surface area contributed by atoms with Gasteiger partial charge in [-0.2, -0.15) is 0 Å². The van der Waals surface area contributed by atoms with E-state index in [0.29, 0.717) is 25.3 Å². The summed E-state index contributed by atoms with van der Waals surface area (Å²) >= 11 is 9.87. The Morgan fingerprint density at radius 1 is 1.22 bits per heavy atom. The van der Waals surface area contributed by atoms with Crippen LogP contribution in [0.15, 0.2) is 58.3 Å². The molecule has 168 valence electrons. The van der Waals surface area contributed by atoms with Crippen LogP contribution >= 0.6 is 34.7 Å². The summed E-state index contributed by atoms with van der Waals surface area (Å²) in [7, 11) is 0. The number of hydrogen-bond acceptors (Lipinski definition) is 6. The number of thiazole rings is 1. The zero-order chi connectivity index (χ0) is 22.3. The minimum absolute atomic E-state index is 0.00831. The molecule has 2 heterocycles. The van der Waals surface area contributed by atoms with Gasteiger partial charge in [0.1, 0.15) is 4.34 Å². The van der Waals surface area contributed by atoms with Crippen molar-refractivity contribution in [2.75, 3.05) is 32.8 Å². The van der Waals surface area contributed by atoms with Crippen molar-refractivity contribution in [3.05, 3.63) is 81.3 Å². The van der Waals surface area contributed by atoms with Crippen molar-refractivity contribution in [2.24, 2.45) is 0 Å². The number of carbonyl (C=O) groups is 1. The third kappa shape index (κ3) is 6.11. The standard InChI is InChI=1S/C24H26ClN3O2S2/c1-17-15-31-24(27-17)32-16-18-6-8-19(9-7-18)23(29)26-14-22(28-10-12-30-13-11-28)20-4-2-3-5-21(20)25/h2-9,15,22H,10-14,16H2,1H3,(H,26,29). The Hall–Kier alpha value is -1.90. The van der Waals surface area contributed by atoms with Crippen molar-refractivity contribution in [3.63, 3.8) is 0 Å². The molecule has 2 aromatic carbocycles. The molecule has 1 fully saturated rings. The maximum absolute atomic E-state index is 12.8. The zero-order valence-corrected chi connectivity index (χ0v) is 20.3. The fraction of sp³-hybridized carbons (Fsp3) is 0.333. The van der Waals surface area contributed by atoms with Crippen LogP contribution in [-0.2, 0) is 10.5 Å². The fourth-order valence-electron chi connectivity index (χ4n) is 3.66. The summed E-state index contributed by atoms with van der Waals surface area (Å²) < 4.78 is 6.57. The summed E-state index contributed by atoms with van der Waals surface area (Å²) in [6.07, 6.45) is 0. The topological polar surface area (TPSA) is 54.5 Å². The number of nitrogens with one attached hydrogen (secondary N) is 1. The number of hydrogen-bond donors (Lipinski definition) is 1. The number of rotatable bonds is 8. The van der Waals surface area contributed by atoms with E-state index in [1.54, 1.807) is 23.1 Å². The van der Waals surface area contributed by atoms with Crippen LogP contribution in [0.25, 0.3) is 0 Å². The van der Waals surface area contributed by atoms with Crippen molar-refractivity contribution in [2.45, 2.75) is 23.1 Å². The molecule has 0 bridgehead atoms. The number of aryl methyl sites for hydroxylation is 1. The van der Waals surface area contributed by atoms with E-state index in [4.69, 9.17) is 16.3 Å². The van der Waals surface area contributed by atoms with Crippen LogP contribution in [0, 0.1) is 6.92 Å². The first-order valence-corrected chi connectivity index (χ1v) is 12.8. The molecule has 4 rings (SSSR count). The average Bonchev–Trinajstić information content (AvgIpc) is 3.25. The Morgan fingerprint density at radius 3 is 2.66 bits per heavy atom. The minimum atomic E-state index is -0.0786. The van der Waals surface area contributed by atoms with E-state index >= 15 is 0 Å². The minimum Gasteiger partial charge on any atom is -0.379 e. The van der Waals surface area contributed by atoms with Crippen LogP contribution in [0.3, 0.4) is 0 Å². The molecular formula is C24H26ClN3O2S2. The normalized spacial score (nSPS) is 15.4. The molecule has 1 amide bonds. The highest BCUT2D eigenvalue weighted by atomic mass is 35.5. The van der Waals surface area contributed by atoms with Crippen molar-refractivity contribution in [1.82, 2.24) is 15.2 Å². The summed E-state index contributed by atoms with van der Waals surface area (Å²) in [6, 6.07) is 15.6. The number of halogens is 1. The summed E-state index contributed by atoms with van der Waals surface area (Å²) in [6.45, 7) is 5.50. The SMILES string of the molecule is Cc1csc(SCc2ccc(C(=O)NCC(c3ccccc3Cl)N3CCOCC3)cc2)n1. The molecule has 1 N–H and O–H groups in total. The lowest BCUT2D eigenvalue weighted by Gasteiger charge is -2.35. The summed E-state index contributed by atoms with van der Waals surface area (Å²) in [5.41, 5.74) is 3.91. The molecule has 1 saturated heterocycles. The lowest BCUT2D eigenvalue weighted by molar-refractivity contribution is 0.0162. The molecular weight excluding hydrogens is 462 g/mol. The van der Waals surface area contributed by atoms with Crippen LogP contribution in [0.5, 0.6) is 0 Å². The number of carbonyl (C=O) groups excluding carboxylic acids is 1. The number of benzene rings is 2. The molecule has 5 nitrogen and oxygen atoms in total. The molecule has 8 heteroatoms. The van der Waals surface area contributed by atoms with Crippen molar-refractivity contribution >= 4 is 40.6 Å². The molecule has 3 aromatic rings. The number of amides is 1. The first-order chi connectivity index (χ1) is 15.6. The second-order valence-electron chi connectivity index (χ2n) is 7.64. The van der Waals surface area contributed by atoms with E-state index < -0.39 is 0 Å². The van der Waals surface area contributed by atoms with Crippen LogP contribution < -0.4 is 5.32 Å². The van der Waals surface area contributed by atoms with Gasteiger partial charge in [0.05, 0.1) is 19.3 Å². The van der Waals surface area contributed by atoms with Gasteiger partial charge in [0.15, 0.2) is 0 Å². The highest BCUT2D eigenvalue weighted by Gasteiger charge is 2.25. The number of morpholine rings is 1. The van der Waals surface area contributed by atoms with Crippen molar-refractivity contribution < 1.29 is 9.53 Å². The Kier molecular flexibility index (Phi) is 8.21. The fourth-order valence-corrected chi connectivity index (χ4v) is 5.72. The van der Waals surface area contributed by atoms with E-state index in [-0.39, 0.29) is 11.9 Å². The summed E-state index contributed by atoms with van der Waals surface area (Å²) in [5.74, 6) is 0.755. The average molecular weight is 488 g/mol. The van der Waals surface area contributed by atoms with Gasteiger partial charge in [-0.25, -0.2) is 4.98 Å².